The number of rotatable bonds is 0. The normalized spacial score (nSPS) is 39.6. The summed E-state index contributed by atoms with van der Waals surface area (Å²) in [5.41, 5.74) is 6.40. The van der Waals surface area contributed by atoms with Crippen molar-refractivity contribution in [1.29, 1.82) is 0 Å². The highest BCUT2D eigenvalue weighted by Gasteiger charge is 2.29. The van der Waals surface area contributed by atoms with Crippen molar-refractivity contribution in [3.8, 4) is 0 Å². The predicted octanol–water partition coefficient (Wildman–Crippen LogP) is 2.16. The second-order valence-electron chi connectivity index (χ2n) is 4.67. The summed E-state index contributed by atoms with van der Waals surface area (Å²) in [5, 5.41) is 0. The molecule has 0 aromatic carbocycles. The molecule has 2 atom stereocenters. The van der Waals surface area contributed by atoms with Crippen LogP contribution >= 0.6 is 0 Å². The third-order valence-corrected chi connectivity index (χ3v) is 2.42. The molecular weight excluding hydrogens is 122 g/mol. The van der Waals surface area contributed by atoms with Gasteiger partial charge in [-0.15, -0.1) is 0 Å². The Morgan fingerprint density at radius 3 is 2.30 bits per heavy atom. The molecular formula is C9H19N. The molecule has 1 fully saturated rings. The molecule has 2 N–H and O–H groups in total. The van der Waals surface area contributed by atoms with Crippen LogP contribution in [0.5, 0.6) is 0 Å². The van der Waals surface area contributed by atoms with Crippen molar-refractivity contribution < 1.29 is 0 Å². The Morgan fingerprint density at radius 1 is 1.30 bits per heavy atom. The van der Waals surface area contributed by atoms with Crippen LogP contribution in [0.1, 0.15) is 40.0 Å². The van der Waals surface area contributed by atoms with Crippen LogP contribution in [0.4, 0.5) is 0 Å². The molecule has 10 heavy (non-hydrogen) atoms. The number of hydrogen-bond acceptors (Lipinski definition) is 1. The summed E-state index contributed by atoms with van der Waals surface area (Å²) < 4.78 is 0. The van der Waals surface area contributed by atoms with Gasteiger partial charge < -0.3 is 5.73 Å². The highest BCUT2D eigenvalue weighted by Crippen LogP contribution is 2.37. The third kappa shape index (κ3) is 1.98. The van der Waals surface area contributed by atoms with E-state index in [0.717, 1.165) is 5.92 Å². The Kier molecular flexibility index (Phi) is 2.04. The lowest BCUT2D eigenvalue weighted by Gasteiger charge is -2.37. The maximum Gasteiger partial charge on any atom is 0.00464 e. The van der Waals surface area contributed by atoms with Gasteiger partial charge in [0.15, 0.2) is 0 Å². The van der Waals surface area contributed by atoms with Crippen molar-refractivity contribution in [3.05, 3.63) is 0 Å². The quantitative estimate of drug-likeness (QED) is 0.549. The molecule has 0 heterocycles. The van der Waals surface area contributed by atoms with E-state index in [9.17, 15) is 0 Å². The number of nitrogens with two attached hydrogens (primary N) is 1. The zero-order chi connectivity index (χ0) is 7.78. The fourth-order valence-electron chi connectivity index (χ4n) is 2.42. The molecule has 0 radical (unpaired) electrons. The molecule has 0 unspecified atom stereocenters. The van der Waals surface area contributed by atoms with Crippen molar-refractivity contribution in [2.24, 2.45) is 17.1 Å². The zero-order valence-corrected chi connectivity index (χ0v) is 7.35. The molecule has 0 aromatic heterocycles. The van der Waals surface area contributed by atoms with Crippen LogP contribution in [-0.4, -0.2) is 6.04 Å². The first-order valence-corrected chi connectivity index (χ1v) is 4.25. The molecule has 1 aliphatic carbocycles. The van der Waals surface area contributed by atoms with Gasteiger partial charge in [0, 0.05) is 6.04 Å². The Bertz CT molecular complexity index is 106. The van der Waals surface area contributed by atoms with Crippen molar-refractivity contribution in [3.63, 3.8) is 0 Å². The minimum Gasteiger partial charge on any atom is -0.328 e. The maximum absolute atomic E-state index is 5.90. The Balaban J connectivity index is 2.51. The first-order valence-electron chi connectivity index (χ1n) is 4.25. The second-order valence-corrected chi connectivity index (χ2v) is 4.67. The van der Waals surface area contributed by atoms with E-state index >= 15 is 0 Å². The summed E-state index contributed by atoms with van der Waals surface area (Å²) in [6.45, 7) is 6.95. The van der Waals surface area contributed by atoms with E-state index in [1.807, 2.05) is 0 Å². The number of hydrogen-bond donors (Lipinski definition) is 1. The van der Waals surface area contributed by atoms with Crippen molar-refractivity contribution in [2.75, 3.05) is 0 Å². The van der Waals surface area contributed by atoms with E-state index in [0.29, 0.717) is 11.5 Å². The molecule has 0 spiro atoms. The van der Waals surface area contributed by atoms with Gasteiger partial charge >= 0.3 is 0 Å². The maximum atomic E-state index is 5.90. The summed E-state index contributed by atoms with van der Waals surface area (Å²) in [5.74, 6) is 0.832. The summed E-state index contributed by atoms with van der Waals surface area (Å²) in [7, 11) is 0. The van der Waals surface area contributed by atoms with E-state index in [1.165, 1.54) is 19.3 Å². The molecule has 1 aliphatic rings. The lowest BCUT2D eigenvalue weighted by atomic mass is 9.71. The topological polar surface area (TPSA) is 26.0 Å². The van der Waals surface area contributed by atoms with E-state index in [2.05, 4.69) is 20.8 Å². The fraction of sp³-hybridized carbons (Fsp3) is 1.00. The molecule has 0 saturated heterocycles. The van der Waals surface area contributed by atoms with E-state index in [-0.39, 0.29) is 0 Å². The second kappa shape index (κ2) is 2.54. The first-order chi connectivity index (χ1) is 4.49. The smallest absolute Gasteiger partial charge is 0.00464 e. The molecule has 1 nitrogen and oxygen atoms in total. The first kappa shape index (κ1) is 8.06. The van der Waals surface area contributed by atoms with E-state index < -0.39 is 0 Å². The fourth-order valence-corrected chi connectivity index (χ4v) is 2.42. The summed E-state index contributed by atoms with van der Waals surface area (Å²) in [6, 6.07) is 0.457. The summed E-state index contributed by atoms with van der Waals surface area (Å²) >= 11 is 0. The predicted molar refractivity (Wildman–Crippen MR) is 44.8 cm³/mol. The third-order valence-electron chi connectivity index (χ3n) is 2.42. The Morgan fingerprint density at radius 2 is 1.90 bits per heavy atom. The highest BCUT2D eigenvalue weighted by molar-refractivity contribution is 4.84. The van der Waals surface area contributed by atoms with Gasteiger partial charge in [0.2, 0.25) is 0 Å². The molecule has 0 amide bonds. The van der Waals surface area contributed by atoms with Crippen LogP contribution in [0.3, 0.4) is 0 Å². The van der Waals surface area contributed by atoms with Gasteiger partial charge in [-0.2, -0.15) is 0 Å². The van der Waals surface area contributed by atoms with Crippen molar-refractivity contribution in [1.82, 2.24) is 0 Å². The van der Waals surface area contributed by atoms with Gasteiger partial charge in [0.25, 0.3) is 0 Å². The van der Waals surface area contributed by atoms with E-state index in [1.54, 1.807) is 0 Å². The van der Waals surface area contributed by atoms with Crippen LogP contribution in [0.25, 0.3) is 0 Å². The van der Waals surface area contributed by atoms with Gasteiger partial charge in [-0.05, 0) is 30.6 Å². The van der Waals surface area contributed by atoms with Crippen LogP contribution in [0.2, 0.25) is 0 Å². The Hall–Kier alpha value is -0.0400. The summed E-state index contributed by atoms with van der Waals surface area (Å²) in [6.07, 6.45) is 3.78. The van der Waals surface area contributed by atoms with Crippen molar-refractivity contribution in [2.45, 2.75) is 46.1 Å². The average Bonchev–Trinajstić information content (AvgIpc) is 1.54. The van der Waals surface area contributed by atoms with Gasteiger partial charge in [-0.25, -0.2) is 0 Å². The minimum absolute atomic E-state index is 0.457. The van der Waals surface area contributed by atoms with Crippen LogP contribution in [-0.2, 0) is 0 Å². The van der Waals surface area contributed by atoms with E-state index in [4.69, 9.17) is 5.73 Å². The molecule has 60 valence electrons. The largest absolute Gasteiger partial charge is 0.328 e. The molecule has 1 heteroatoms. The SMILES string of the molecule is C[C@@H]1C[C@@H](N)CC(C)(C)C1. The highest BCUT2D eigenvalue weighted by atomic mass is 14.7. The monoisotopic (exact) mass is 141 g/mol. The lowest BCUT2D eigenvalue weighted by molar-refractivity contribution is 0.170. The molecule has 0 bridgehead atoms. The van der Waals surface area contributed by atoms with Crippen molar-refractivity contribution >= 4 is 0 Å². The molecule has 1 saturated carbocycles. The van der Waals surface area contributed by atoms with Crippen LogP contribution < -0.4 is 5.73 Å². The van der Waals surface area contributed by atoms with Crippen LogP contribution in [0, 0.1) is 11.3 Å². The molecule has 0 aliphatic heterocycles. The average molecular weight is 141 g/mol. The van der Waals surface area contributed by atoms with Gasteiger partial charge in [0.05, 0.1) is 0 Å². The zero-order valence-electron chi connectivity index (χ0n) is 7.35. The minimum atomic E-state index is 0.457. The van der Waals surface area contributed by atoms with Crippen LogP contribution in [0.15, 0.2) is 0 Å². The lowest BCUT2D eigenvalue weighted by Crippen LogP contribution is -2.36. The molecule has 1 rings (SSSR count). The van der Waals surface area contributed by atoms with Gasteiger partial charge in [0.1, 0.15) is 0 Å². The standard InChI is InChI=1S/C9H19N/c1-7-4-8(10)6-9(2,3)5-7/h7-8H,4-6,10H2,1-3H3/t7-,8-/m1/s1. The van der Waals surface area contributed by atoms with Gasteiger partial charge in [-0.3, -0.25) is 0 Å². The molecule has 0 aromatic rings. The summed E-state index contributed by atoms with van der Waals surface area (Å²) in [4.78, 5) is 0. The van der Waals surface area contributed by atoms with Gasteiger partial charge in [-0.1, -0.05) is 20.8 Å². The Labute approximate surface area is 64.0 Å².